The average molecular weight is 337 g/mol. The summed E-state index contributed by atoms with van der Waals surface area (Å²) in [6.45, 7) is 3.34. The summed E-state index contributed by atoms with van der Waals surface area (Å²) in [7, 11) is 0. The standard InChI is InChI=1S/C13H18F3N3S2/c14-13(15,16)4-2-6-20-12-11(17-21-18-12)10-8-19-5-1-3-9(10)7-19/h9-10H,1-8H2/t9-,10-/m1/s1. The van der Waals surface area contributed by atoms with E-state index in [0.29, 0.717) is 17.6 Å². The summed E-state index contributed by atoms with van der Waals surface area (Å²) in [5.41, 5.74) is 1.03. The first-order valence-corrected chi connectivity index (χ1v) is 8.99. The number of hydrogen-bond donors (Lipinski definition) is 0. The summed E-state index contributed by atoms with van der Waals surface area (Å²) in [5.74, 6) is 1.53. The van der Waals surface area contributed by atoms with Crippen LogP contribution in [0.25, 0.3) is 0 Å². The van der Waals surface area contributed by atoms with E-state index in [1.807, 2.05) is 0 Å². The third kappa shape index (κ3) is 3.90. The summed E-state index contributed by atoms with van der Waals surface area (Å²) < 4.78 is 45.2. The molecule has 1 unspecified atom stereocenters. The van der Waals surface area contributed by atoms with E-state index < -0.39 is 12.6 Å². The minimum absolute atomic E-state index is 0.144. The smallest absolute Gasteiger partial charge is 0.302 e. The van der Waals surface area contributed by atoms with Crippen LogP contribution in [0.2, 0.25) is 0 Å². The second kappa shape index (κ2) is 6.42. The Morgan fingerprint density at radius 3 is 2.90 bits per heavy atom. The molecule has 0 saturated carbocycles. The molecule has 21 heavy (non-hydrogen) atoms. The van der Waals surface area contributed by atoms with Crippen LogP contribution >= 0.6 is 23.5 Å². The van der Waals surface area contributed by atoms with Gasteiger partial charge in [-0.1, -0.05) is 0 Å². The maximum atomic E-state index is 12.2. The number of aromatic nitrogens is 2. The fourth-order valence-corrected chi connectivity index (χ4v) is 4.99. The van der Waals surface area contributed by atoms with Crippen LogP contribution in [0.15, 0.2) is 5.03 Å². The second-order valence-electron chi connectivity index (χ2n) is 5.79. The molecule has 3 nitrogen and oxygen atoms in total. The van der Waals surface area contributed by atoms with E-state index >= 15 is 0 Å². The third-order valence-corrected chi connectivity index (χ3v) is 5.97. The zero-order chi connectivity index (χ0) is 14.9. The molecule has 0 N–H and O–H groups in total. The number of halogens is 3. The molecule has 2 bridgehead atoms. The van der Waals surface area contributed by atoms with Gasteiger partial charge in [0.25, 0.3) is 0 Å². The van der Waals surface area contributed by atoms with Crippen molar-refractivity contribution in [3.8, 4) is 0 Å². The maximum absolute atomic E-state index is 12.2. The van der Waals surface area contributed by atoms with E-state index in [9.17, 15) is 13.2 Å². The monoisotopic (exact) mass is 337 g/mol. The fourth-order valence-electron chi connectivity index (χ4n) is 3.28. The molecule has 3 atom stereocenters. The zero-order valence-electron chi connectivity index (χ0n) is 11.6. The Morgan fingerprint density at radius 1 is 1.29 bits per heavy atom. The van der Waals surface area contributed by atoms with Crippen molar-refractivity contribution in [3.63, 3.8) is 0 Å². The molecule has 2 aliphatic rings. The first-order valence-electron chi connectivity index (χ1n) is 7.27. The van der Waals surface area contributed by atoms with Gasteiger partial charge in [0.1, 0.15) is 5.03 Å². The van der Waals surface area contributed by atoms with Crippen molar-refractivity contribution >= 4 is 23.5 Å². The molecular weight excluding hydrogens is 319 g/mol. The molecule has 0 spiro atoms. The number of piperidine rings is 1. The van der Waals surface area contributed by atoms with Crippen molar-refractivity contribution in [3.05, 3.63) is 5.69 Å². The van der Waals surface area contributed by atoms with Gasteiger partial charge in [-0.05, 0) is 37.5 Å². The molecular formula is C13H18F3N3S2. The van der Waals surface area contributed by atoms with Crippen molar-refractivity contribution in [1.82, 2.24) is 13.6 Å². The third-order valence-electron chi connectivity index (χ3n) is 4.24. The number of rotatable bonds is 5. The maximum Gasteiger partial charge on any atom is 0.389 e. The van der Waals surface area contributed by atoms with Crippen molar-refractivity contribution in [1.29, 1.82) is 0 Å². The van der Waals surface area contributed by atoms with Crippen LogP contribution in [0.1, 0.15) is 37.3 Å². The number of thioether (sulfide) groups is 1. The quantitative estimate of drug-likeness (QED) is 0.604. The number of fused-ring (bicyclic) bond motifs is 2. The largest absolute Gasteiger partial charge is 0.389 e. The molecule has 0 amide bonds. The molecule has 8 heteroatoms. The highest BCUT2D eigenvalue weighted by atomic mass is 32.2. The van der Waals surface area contributed by atoms with Gasteiger partial charge in [-0.2, -0.15) is 21.9 Å². The van der Waals surface area contributed by atoms with Crippen LogP contribution in [-0.4, -0.2) is 45.2 Å². The Morgan fingerprint density at radius 2 is 2.14 bits per heavy atom. The molecule has 3 heterocycles. The Labute approximate surface area is 130 Å². The SMILES string of the molecule is FC(F)(F)CCCSc1nsnc1[C@@H]1CN2CCC[C@@H]1C2. The zero-order valence-corrected chi connectivity index (χ0v) is 13.2. The number of nitrogens with zero attached hydrogens (tertiary/aromatic N) is 3. The molecule has 2 saturated heterocycles. The van der Waals surface area contributed by atoms with Crippen molar-refractivity contribution in [2.75, 3.05) is 25.4 Å². The van der Waals surface area contributed by atoms with E-state index in [1.165, 1.54) is 42.9 Å². The minimum atomic E-state index is -4.06. The van der Waals surface area contributed by atoms with Gasteiger partial charge in [-0.15, -0.1) is 11.8 Å². The van der Waals surface area contributed by atoms with Gasteiger partial charge in [0.15, 0.2) is 0 Å². The van der Waals surface area contributed by atoms with E-state index in [-0.39, 0.29) is 6.42 Å². The van der Waals surface area contributed by atoms with Gasteiger partial charge in [-0.3, -0.25) is 0 Å². The summed E-state index contributed by atoms with van der Waals surface area (Å²) in [4.78, 5) is 2.47. The van der Waals surface area contributed by atoms with Crippen LogP contribution in [-0.2, 0) is 0 Å². The van der Waals surface area contributed by atoms with Gasteiger partial charge in [-0.25, -0.2) is 0 Å². The molecule has 118 valence electrons. The van der Waals surface area contributed by atoms with Gasteiger partial charge >= 0.3 is 6.18 Å². The van der Waals surface area contributed by atoms with Gasteiger partial charge in [0.05, 0.1) is 17.4 Å². The predicted octanol–water partition coefficient (Wildman–Crippen LogP) is 3.78. The van der Waals surface area contributed by atoms with Crippen LogP contribution in [0.5, 0.6) is 0 Å². The summed E-state index contributed by atoms with van der Waals surface area (Å²) in [6.07, 6.45) is -2.15. The van der Waals surface area contributed by atoms with E-state index in [2.05, 4.69) is 13.6 Å². The summed E-state index contributed by atoms with van der Waals surface area (Å²) in [6, 6.07) is 0. The average Bonchev–Trinajstić information content (AvgIpc) is 2.98. The lowest BCUT2D eigenvalue weighted by molar-refractivity contribution is -0.134. The molecule has 2 fully saturated rings. The fraction of sp³-hybridized carbons (Fsp3) is 0.846. The van der Waals surface area contributed by atoms with Crippen LogP contribution < -0.4 is 0 Å². The molecule has 1 aromatic heterocycles. The molecule has 0 radical (unpaired) electrons. The topological polar surface area (TPSA) is 29.0 Å². The Bertz CT molecular complexity index is 477. The lowest BCUT2D eigenvalue weighted by atomic mass is 9.89. The first kappa shape index (κ1) is 15.6. The van der Waals surface area contributed by atoms with E-state index in [1.54, 1.807) is 0 Å². The van der Waals surface area contributed by atoms with Crippen LogP contribution in [0, 0.1) is 5.92 Å². The number of alkyl halides is 3. The molecule has 1 aromatic rings. The lowest BCUT2D eigenvalue weighted by Crippen LogP contribution is -2.25. The minimum Gasteiger partial charge on any atom is -0.302 e. The lowest BCUT2D eigenvalue weighted by Gasteiger charge is -2.21. The molecule has 0 aromatic carbocycles. The van der Waals surface area contributed by atoms with Crippen LogP contribution in [0.3, 0.4) is 0 Å². The van der Waals surface area contributed by atoms with Crippen molar-refractivity contribution < 1.29 is 13.2 Å². The summed E-state index contributed by atoms with van der Waals surface area (Å²) >= 11 is 2.62. The van der Waals surface area contributed by atoms with Crippen LogP contribution in [0.4, 0.5) is 13.2 Å². The second-order valence-corrected chi connectivity index (χ2v) is 7.40. The van der Waals surface area contributed by atoms with E-state index in [4.69, 9.17) is 0 Å². The Balaban J connectivity index is 1.57. The van der Waals surface area contributed by atoms with Crippen molar-refractivity contribution in [2.45, 2.75) is 42.8 Å². The molecule has 3 rings (SSSR count). The predicted molar refractivity (Wildman–Crippen MR) is 77.8 cm³/mol. The Kier molecular flexibility index (Phi) is 4.75. The normalized spacial score (nSPS) is 29.0. The van der Waals surface area contributed by atoms with E-state index in [0.717, 1.165) is 23.8 Å². The number of hydrogen-bond acceptors (Lipinski definition) is 5. The summed E-state index contributed by atoms with van der Waals surface area (Å²) in [5, 5.41) is 0.862. The van der Waals surface area contributed by atoms with Gasteiger partial charge < -0.3 is 4.90 Å². The van der Waals surface area contributed by atoms with Gasteiger partial charge in [0.2, 0.25) is 0 Å². The van der Waals surface area contributed by atoms with Crippen molar-refractivity contribution in [2.24, 2.45) is 5.92 Å². The highest BCUT2D eigenvalue weighted by molar-refractivity contribution is 7.99. The molecule has 0 aliphatic carbocycles. The highest BCUT2D eigenvalue weighted by Gasteiger charge is 2.39. The Hall–Kier alpha value is -0.340. The first-order chi connectivity index (χ1) is 10.0. The highest BCUT2D eigenvalue weighted by Crippen LogP contribution is 2.41. The molecule has 2 aliphatic heterocycles. The van der Waals surface area contributed by atoms with Gasteiger partial charge in [0, 0.05) is 25.4 Å².